The Morgan fingerprint density at radius 2 is 1.10 bits per heavy atom. The molecule has 0 bridgehead atoms. The molecule has 86 heavy (non-hydrogen) atoms. The van der Waals surface area contributed by atoms with Gasteiger partial charge in [-0.1, -0.05) is 67.1 Å². The van der Waals surface area contributed by atoms with Crippen LogP contribution in [0.5, 0.6) is 17.2 Å². The maximum atomic E-state index is 14.5. The number of carbonyl (C=O) groups excluding carboxylic acids is 5. The SMILES string of the molecule is O=C(CCCCCN1C(=O)C=CC1=O)NCCOc1cc(/C=C/C(=O)N2C[C@@H](CCl)c3c2cc(O[C@@H]2O[C@H](CO)[C@H](O)[C@H](O)[C@H]2O)c2ccccc32)ccc1/C=C/C(=O)N1C[C@@H](CCl)c2c1cc(O[C@@H]1O[C@H](CO)[C@H](O)[C@H](O)[C@H]1O)c1ccccc21. The summed E-state index contributed by atoms with van der Waals surface area (Å²) in [6.45, 7) is -0.595. The number of aliphatic hydroxyl groups is 8. The average Bonchev–Trinajstić information content (AvgIpc) is 1.59. The van der Waals surface area contributed by atoms with Crippen LogP contribution in [0.3, 0.4) is 0 Å². The summed E-state index contributed by atoms with van der Waals surface area (Å²) in [6, 6.07) is 22.8. The predicted octanol–water partition coefficient (Wildman–Crippen LogP) is 3.10. The summed E-state index contributed by atoms with van der Waals surface area (Å²) < 4.78 is 30.0. The first-order chi connectivity index (χ1) is 41.5. The number of anilines is 2. The van der Waals surface area contributed by atoms with Crippen LogP contribution in [-0.2, 0) is 33.4 Å². The van der Waals surface area contributed by atoms with Crippen LogP contribution < -0.4 is 29.3 Å². The molecule has 5 aromatic rings. The summed E-state index contributed by atoms with van der Waals surface area (Å²) >= 11 is 13.2. The second-order valence-corrected chi connectivity index (χ2v) is 22.2. The summed E-state index contributed by atoms with van der Waals surface area (Å²) in [5.74, 6) is -1.48. The molecule has 9 N–H and O–H groups in total. The third-order valence-electron chi connectivity index (χ3n) is 16.1. The van der Waals surface area contributed by atoms with Gasteiger partial charge in [0.2, 0.25) is 18.5 Å². The number of hydrogen-bond acceptors (Lipinski definition) is 18. The largest absolute Gasteiger partial charge is 0.491 e. The van der Waals surface area contributed by atoms with Gasteiger partial charge in [-0.3, -0.25) is 28.9 Å². The number of imide groups is 1. The van der Waals surface area contributed by atoms with Crippen molar-refractivity contribution < 1.29 is 88.5 Å². The van der Waals surface area contributed by atoms with Crippen LogP contribution in [0, 0.1) is 0 Å². The quantitative estimate of drug-likeness (QED) is 0.0208. The fraction of sp³-hybridized carbons (Fsp3) is 0.403. The van der Waals surface area contributed by atoms with E-state index in [1.165, 1.54) is 29.2 Å². The molecule has 5 aromatic carbocycles. The Bertz CT molecular complexity index is 3430. The molecular weight excluding hydrogens is 1160 g/mol. The molecule has 0 saturated carbocycles. The van der Waals surface area contributed by atoms with Crippen LogP contribution >= 0.6 is 23.2 Å². The maximum Gasteiger partial charge on any atom is 0.253 e. The third kappa shape index (κ3) is 12.8. The highest BCUT2D eigenvalue weighted by molar-refractivity contribution is 6.20. The lowest BCUT2D eigenvalue weighted by molar-refractivity contribution is -0.277. The Kier molecular flexibility index (Phi) is 19.7. The van der Waals surface area contributed by atoms with E-state index in [0.717, 1.165) is 16.0 Å². The minimum atomic E-state index is -1.70. The highest BCUT2D eigenvalue weighted by Crippen LogP contribution is 2.48. The predicted molar refractivity (Wildman–Crippen MR) is 316 cm³/mol. The second-order valence-electron chi connectivity index (χ2n) is 21.6. The molecule has 0 aliphatic carbocycles. The van der Waals surface area contributed by atoms with Gasteiger partial charge in [-0.2, -0.15) is 0 Å². The zero-order chi connectivity index (χ0) is 60.9. The molecule has 22 nitrogen and oxygen atoms in total. The van der Waals surface area contributed by atoms with Crippen LogP contribution in [0.1, 0.15) is 59.8 Å². The first-order valence-corrected chi connectivity index (χ1v) is 29.3. The van der Waals surface area contributed by atoms with Crippen molar-refractivity contribution in [1.29, 1.82) is 0 Å². The standard InChI is InChI=1S/C62H66Cl2N4O18/c63-27-35-29-67(41-25-44(37-8-3-5-10-39(37)53(35)41)83-61-59(80)57(78)55(76)46(31-69)85-61)51(74)17-14-33-13-15-34(43(24-33)82-23-21-65-48(71)12-2-1-7-22-66-49(72)19-20-50(66)73)16-18-52(75)68-30-36(28-64)54-40-11-6-4-9-38(40)45(26-42(54)68)84-62-60(81)58(79)56(77)47(32-70)86-62/h3-6,8-11,13-20,24-26,35-36,46-47,55-62,69-70,76-81H,1-2,7,12,21-23,27-32H2,(H,65,71)/b17-14+,18-16+/t35-,36-,46-,47-,55+,56+,57+,58+,59-,60-,61-,62-/m1/s1. The first kappa shape index (κ1) is 62.0. The van der Waals surface area contributed by atoms with Crippen molar-refractivity contribution in [2.75, 3.05) is 67.6 Å². The van der Waals surface area contributed by atoms with Crippen molar-refractivity contribution in [3.63, 3.8) is 0 Å². The number of nitrogens with zero attached hydrogens (tertiary/aromatic N) is 3. The van der Waals surface area contributed by atoms with Crippen LogP contribution in [0.2, 0.25) is 0 Å². The fourth-order valence-electron chi connectivity index (χ4n) is 11.5. The van der Waals surface area contributed by atoms with Gasteiger partial charge in [0.05, 0.1) is 31.1 Å². The van der Waals surface area contributed by atoms with Crippen molar-refractivity contribution in [1.82, 2.24) is 10.2 Å². The smallest absolute Gasteiger partial charge is 0.253 e. The van der Waals surface area contributed by atoms with Crippen LogP contribution in [-0.4, -0.2) is 194 Å². The first-order valence-electron chi connectivity index (χ1n) is 28.3. The van der Waals surface area contributed by atoms with Gasteiger partial charge in [0.25, 0.3) is 23.6 Å². The average molecular weight is 1230 g/mol. The molecular formula is C62H66Cl2N4O18. The van der Waals surface area contributed by atoms with E-state index in [2.05, 4.69) is 5.32 Å². The number of ether oxygens (including phenoxy) is 5. The zero-order valence-electron chi connectivity index (χ0n) is 46.3. The molecule has 10 rings (SSSR count). The van der Waals surface area contributed by atoms with Gasteiger partial charge in [0, 0.05) is 102 Å². The van der Waals surface area contributed by atoms with Crippen molar-refractivity contribution in [2.24, 2.45) is 0 Å². The van der Waals surface area contributed by atoms with Crippen molar-refractivity contribution in [2.45, 2.75) is 98.9 Å². The zero-order valence-corrected chi connectivity index (χ0v) is 47.9. The molecule has 0 unspecified atom stereocenters. The lowest BCUT2D eigenvalue weighted by atomic mass is 9.95. The molecule has 5 aliphatic rings. The Hall–Kier alpha value is -7.03. The van der Waals surface area contributed by atoms with E-state index >= 15 is 0 Å². The normalized spacial score (nSPS) is 26.3. The molecule has 2 fully saturated rings. The molecule has 5 heterocycles. The van der Waals surface area contributed by atoms with Crippen molar-refractivity contribution in [3.8, 4) is 17.2 Å². The highest BCUT2D eigenvalue weighted by Gasteiger charge is 2.47. The van der Waals surface area contributed by atoms with E-state index in [0.29, 0.717) is 63.3 Å². The van der Waals surface area contributed by atoms with Gasteiger partial charge in [-0.15, -0.1) is 23.2 Å². The summed E-state index contributed by atoms with van der Waals surface area (Å²) in [6.07, 6.45) is -5.25. The van der Waals surface area contributed by atoms with Crippen LogP contribution in [0.4, 0.5) is 11.4 Å². The molecule has 0 aromatic heterocycles. The molecule has 456 valence electrons. The van der Waals surface area contributed by atoms with E-state index in [-0.39, 0.29) is 97.8 Å². The summed E-state index contributed by atoms with van der Waals surface area (Å²) in [4.78, 5) is 69.8. The Morgan fingerprint density at radius 3 is 1.60 bits per heavy atom. The van der Waals surface area contributed by atoms with Gasteiger partial charge in [-0.25, -0.2) is 0 Å². The Labute approximate surface area is 503 Å². The van der Waals surface area contributed by atoms with Gasteiger partial charge < -0.3 is 79.7 Å². The topological polar surface area (TPSA) is 315 Å². The van der Waals surface area contributed by atoms with Gasteiger partial charge in [-0.05, 0) is 58.5 Å². The number of fused-ring (bicyclic) bond motifs is 6. The molecule has 5 aliphatic heterocycles. The number of nitrogens with one attached hydrogen (secondary N) is 1. The molecule has 12 atom stereocenters. The number of hydrogen-bond donors (Lipinski definition) is 9. The minimum absolute atomic E-state index is 0.00807. The van der Waals surface area contributed by atoms with E-state index in [1.54, 1.807) is 71.6 Å². The van der Waals surface area contributed by atoms with Gasteiger partial charge >= 0.3 is 0 Å². The molecule has 2 saturated heterocycles. The number of amides is 5. The monoisotopic (exact) mass is 1220 g/mol. The summed E-state index contributed by atoms with van der Waals surface area (Å²) in [7, 11) is 0. The van der Waals surface area contributed by atoms with E-state index < -0.39 is 86.4 Å². The van der Waals surface area contributed by atoms with Gasteiger partial charge in [0.1, 0.15) is 72.7 Å². The molecule has 24 heteroatoms. The highest BCUT2D eigenvalue weighted by atomic mass is 35.5. The maximum absolute atomic E-state index is 14.5. The Balaban J connectivity index is 0.892. The van der Waals surface area contributed by atoms with Crippen molar-refractivity contribution in [3.05, 3.63) is 125 Å². The number of unbranched alkanes of at least 4 members (excludes halogenated alkanes) is 2. The van der Waals surface area contributed by atoms with Crippen LogP contribution in [0.15, 0.2) is 103 Å². The molecule has 0 spiro atoms. The molecule has 5 amide bonds. The number of rotatable bonds is 22. The van der Waals surface area contributed by atoms with Crippen molar-refractivity contribution >= 4 is 97.8 Å². The number of alkyl halides is 2. The van der Waals surface area contributed by atoms with E-state index in [9.17, 15) is 64.8 Å². The van der Waals surface area contributed by atoms with E-state index in [4.69, 9.17) is 46.9 Å². The lowest BCUT2D eigenvalue weighted by Crippen LogP contribution is -2.60. The number of benzene rings is 5. The Morgan fingerprint density at radius 1 is 0.605 bits per heavy atom. The molecule has 0 radical (unpaired) electrons. The number of carbonyl (C=O) groups is 5. The third-order valence-corrected chi connectivity index (χ3v) is 16.8. The van der Waals surface area contributed by atoms with Gasteiger partial charge in [0.15, 0.2) is 0 Å². The summed E-state index contributed by atoms with van der Waals surface area (Å²) in [5, 5.41) is 88.8. The fourth-order valence-corrected chi connectivity index (χ4v) is 12.0. The van der Waals surface area contributed by atoms with Crippen LogP contribution in [0.25, 0.3) is 33.7 Å². The minimum Gasteiger partial charge on any atom is -0.491 e. The lowest BCUT2D eigenvalue weighted by Gasteiger charge is -2.39. The van der Waals surface area contributed by atoms with E-state index in [1.807, 2.05) is 24.3 Å². The second kappa shape index (κ2) is 27.3. The number of aliphatic hydroxyl groups excluding tert-OH is 8. The summed E-state index contributed by atoms with van der Waals surface area (Å²) in [5.41, 5.74) is 3.45. The number of halogens is 2.